The highest BCUT2D eigenvalue weighted by Gasteiger charge is 2.20. The van der Waals surface area contributed by atoms with Gasteiger partial charge < -0.3 is 10.5 Å². The van der Waals surface area contributed by atoms with Crippen molar-refractivity contribution in [1.82, 2.24) is 14.8 Å². The predicted octanol–water partition coefficient (Wildman–Crippen LogP) is 1.36. The molecule has 0 aliphatic carbocycles. The molecule has 2 aromatic heterocycles. The third kappa shape index (κ3) is 1.44. The molecule has 2 N–H and O–H groups in total. The van der Waals surface area contributed by atoms with Crippen LogP contribution in [0.2, 0.25) is 0 Å². The third-order valence-corrected chi connectivity index (χ3v) is 3.03. The van der Waals surface area contributed by atoms with Crippen molar-refractivity contribution in [2.24, 2.45) is 0 Å². The number of fused-ring (bicyclic) bond motifs is 1. The summed E-state index contributed by atoms with van der Waals surface area (Å²) in [6, 6.07) is 4.21. The van der Waals surface area contributed by atoms with Crippen LogP contribution in [-0.2, 0) is 4.74 Å². The molecule has 0 saturated carbocycles. The number of hydrogen-bond donors (Lipinski definition) is 1. The van der Waals surface area contributed by atoms with Crippen molar-refractivity contribution >= 4 is 16.9 Å². The fourth-order valence-electron chi connectivity index (χ4n) is 2.18. The lowest BCUT2D eigenvalue weighted by Crippen LogP contribution is -2.20. The van der Waals surface area contributed by atoms with Crippen LogP contribution in [0.3, 0.4) is 0 Å². The molecule has 1 fully saturated rings. The summed E-state index contributed by atoms with van der Waals surface area (Å²) in [4.78, 5) is 4.36. The van der Waals surface area contributed by atoms with E-state index in [0.717, 1.165) is 37.1 Å². The van der Waals surface area contributed by atoms with Crippen molar-refractivity contribution < 1.29 is 4.74 Å². The molecule has 1 saturated heterocycles. The summed E-state index contributed by atoms with van der Waals surface area (Å²) in [5.74, 6) is 0.564. The Morgan fingerprint density at radius 3 is 3.00 bits per heavy atom. The van der Waals surface area contributed by atoms with Crippen LogP contribution in [0.4, 0.5) is 5.82 Å². The van der Waals surface area contributed by atoms with Crippen molar-refractivity contribution in [2.75, 3.05) is 18.9 Å². The topological polar surface area (TPSA) is 66.0 Å². The van der Waals surface area contributed by atoms with Gasteiger partial charge in [-0.1, -0.05) is 0 Å². The second kappa shape index (κ2) is 3.75. The zero-order valence-corrected chi connectivity index (χ0v) is 8.97. The summed E-state index contributed by atoms with van der Waals surface area (Å²) in [5, 5.41) is 5.33. The second-order valence-electron chi connectivity index (χ2n) is 4.05. The summed E-state index contributed by atoms with van der Waals surface area (Å²) >= 11 is 0. The molecular weight excluding hydrogens is 204 g/mol. The lowest BCUT2D eigenvalue weighted by Gasteiger charge is -2.22. The van der Waals surface area contributed by atoms with Gasteiger partial charge in [-0.2, -0.15) is 5.10 Å². The van der Waals surface area contributed by atoms with Gasteiger partial charge in [-0.15, -0.1) is 0 Å². The quantitative estimate of drug-likeness (QED) is 0.785. The monoisotopic (exact) mass is 218 g/mol. The number of nitrogen functional groups attached to an aromatic ring is 1. The van der Waals surface area contributed by atoms with Crippen LogP contribution in [0.25, 0.3) is 11.0 Å². The van der Waals surface area contributed by atoms with Crippen molar-refractivity contribution in [3.05, 3.63) is 18.3 Å². The highest BCUT2D eigenvalue weighted by atomic mass is 16.5. The third-order valence-electron chi connectivity index (χ3n) is 3.03. The molecule has 1 aliphatic rings. The molecule has 0 bridgehead atoms. The van der Waals surface area contributed by atoms with Crippen LogP contribution >= 0.6 is 0 Å². The fourth-order valence-corrected chi connectivity index (χ4v) is 2.18. The number of ether oxygens (including phenoxy) is 1. The first kappa shape index (κ1) is 9.59. The average Bonchev–Trinajstić information content (AvgIpc) is 2.69. The van der Waals surface area contributed by atoms with Crippen LogP contribution in [0, 0.1) is 0 Å². The van der Waals surface area contributed by atoms with Gasteiger partial charge in [0.1, 0.15) is 0 Å². The van der Waals surface area contributed by atoms with E-state index in [9.17, 15) is 0 Å². The lowest BCUT2D eigenvalue weighted by atomic mass is 10.1. The Balaban J connectivity index is 2.08. The molecule has 3 rings (SSSR count). The molecule has 1 aliphatic heterocycles. The second-order valence-corrected chi connectivity index (χ2v) is 4.05. The Morgan fingerprint density at radius 1 is 1.38 bits per heavy atom. The van der Waals surface area contributed by atoms with Crippen molar-refractivity contribution in [1.29, 1.82) is 0 Å². The van der Waals surface area contributed by atoms with E-state index in [1.807, 2.05) is 16.8 Å². The fraction of sp³-hybridized carbons (Fsp3) is 0.455. The minimum absolute atomic E-state index is 0.364. The van der Waals surface area contributed by atoms with Crippen LogP contribution in [0.1, 0.15) is 18.9 Å². The van der Waals surface area contributed by atoms with Crippen molar-refractivity contribution in [2.45, 2.75) is 18.9 Å². The number of nitrogens with two attached hydrogens (primary N) is 1. The molecule has 0 atom stereocenters. The van der Waals surface area contributed by atoms with E-state index >= 15 is 0 Å². The molecule has 5 heteroatoms. The molecule has 0 amide bonds. The minimum Gasteiger partial charge on any atom is -0.382 e. The molecule has 0 spiro atoms. The Kier molecular flexibility index (Phi) is 2.25. The summed E-state index contributed by atoms with van der Waals surface area (Å²) in [6.07, 6.45) is 3.73. The first-order chi connectivity index (χ1) is 7.86. The van der Waals surface area contributed by atoms with Gasteiger partial charge in [0.25, 0.3) is 0 Å². The standard InChI is InChI=1S/C11H14N4O/c12-10-9-2-1-5-13-11(9)15(14-10)8-3-6-16-7-4-8/h1-2,5,8H,3-4,6-7H2,(H2,12,14). The highest BCUT2D eigenvalue weighted by molar-refractivity contribution is 5.86. The zero-order chi connectivity index (χ0) is 11.0. The number of rotatable bonds is 1. The van der Waals surface area contributed by atoms with Gasteiger partial charge in [0.05, 0.1) is 11.4 Å². The van der Waals surface area contributed by atoms with Gasteiger partial charge >= 0.3 is 0 Å². The molecule has 84 valence electrons. The maximum atomic E-state index is 5.88. The van der Waals surface area contributed by atoms with Gasteiger partial charge in [-0.3, -0.25) is 0 Å². The van der Waals surface area contributed by atoms with Crippen LogP contribution in [-0.4, -0.2) is 28.0 Å². The summed E-state index contributed by atoms with van der Waals surface area (Å²) in [6.45, 7) is 1.58. The number of aromatic nitrogens is 3. The van der Waals surface area contributed by atoms with E-state index < -0.39 is 0 Å². The lowest BCUT2D eigenvalue weighted by molar-refractivity contribution is 0.0674. The van der Waals surface area contributed by atoms with Crippen molar-refractivity contribution in [3.63, 3.8) is 0 Å². The summed E-state index contributed by atoms with van der Waals surface area (Å²) in [7, 11) is 0. The van der Waals surface area contributed by atoms with Gasteiger partial charge in [0, 0.05) is 19.4 Å². The minimum atomic E-state index is 0.364. The van der Waals surface area contributed by atoms with E-state index in [-0.39, 0.29) is 0 Å². The summed E-state index contributed by atoms with van der Waals surface area (Å²) in [5.41, 5.74) is 6.76. The number of pyridine rings is 1. The number of hydrogen-bond acceptors (Lipinski definition) is 4. The van der Waals surface area contributed by atoms with Crippen molar-refractivity contribution in [3.8, 4) is 0 Å². The Hall–Kier alpha value is -1.62. The van der Waals surface area contributed by atoms with Crippen LogP contribution in [0.15, 0.2) is 18.3 Å². The molecule has 0 radical (unpaired) electrons. The van der Waals surface area contributed by atoms with E-state index in [2.05, 4.69) is 10.1 Å². The van der Waals surface area contributed by atoms with Gasteiger partial charge in [-0.25, -0.2) is 9.67 Å². The van der Waals surface area contributed by atoms with E-state index in [4.69, 9.17) is 10.5 Å². The maximum Gasteiger partial charge on any atom is 0.160 e. The summed E-state index contributed by atoms with van der Waals surface area (Å²) < 4.78 is 7.30. The van der Waals surface area contributed by atoms with Gasteiger partial charge in [0.15, 0.2) is 11.5 Å². The smallest absolute Gasteiger partial charge is 0.160 e. The molecule has 16 heavy (non-hydrogen) atoms. The normalized spacial score (nSPS) is 18.0. The predicted molar refractivity (Wildman–Crippen MR) is 61.0 cm³/mol. The molecule has 2 aromatic rings. The van der Waals surface area contributed by atoms with Gasteiger partial charge in [-0.05, 0) is 25.0 Å². The largest absolute Gasteiger partial charge is 0.382 e. The number of nitrogens with zero attached hydrogens (tertiary/aromatic N) is 3. The Bertz CT molecular complexity index is 502. The van der Waals surface area contributed by atoms with E-state index in [1.165, 1.54) is 0 Å². The molecule has 0 aromatic carbocycles. The number of anilines is 1. The molecule has 5 nitrogen and oxygen atoms in total. The molecule has 3 heterocycles. The first-order valence-corrected chi connectivity index (χ1v) is 5.53. The molecular formula is C11H14N4O. The Morgan fingerprint density at radius 2 is 2.19 bits per heavy atom. The van der Waals surface area contributed by atoms with E-state index in [0.29, 0.717) is 11.9 Å². The average molecular weight is 218 g/mol. The van der Waals surface area contributed by atoms with Gasteiger partial charge in [0.2, 0.25) is 0 Å². The SMILES string of the molecule is Nc1nn(C2CCOCC2)c2ncccc12. The van der Waals surface area contributed by atoms with Crippen LogP contribution in [0.5, 0.6) is 0 Å². The Labute approximate surface area is 93.2 Å². The maximum absolute atomic E-state index is 5.88. The zero-order valence-electron chi connectivity index (χ0n) is 8.97. The van der Waals surface area contributed by atoms with E-state index in [1.54, 1.807) is 6.20 Å². The highest BCUT2D eigenvalue weighted by Crippen LogP contribution is 2.26. The van der Waals surface area contributed by atoms with Crippen LogP contribution < -0.4 is 5.73 Å². The first-order valence-electron chi connectivity index (χ1n) is 5.53. The molecule has 0 unspecified atom stereocenters.